The van der Waals surface area contributed by atoms with E-state index >= 15 is 0 Å². The highest BCUT2D eigenvalue weighted by Crippen LogP contribution is 2.39. The first kappa shape index (κ1) is 31.4. The number of rotatable bonds is 7. The maximum atomic E-state index is 12.8. The summed E-state index contributed by atoms with van der Waals surface area (Å²) in [5, 5.41) is 12.2. The lowest BCUT2D eigenvalue weighted by Gasteiger charge is -2.45. The molecule has 2 fully saturated rings. The number of aryl methyl sites for hydroxylation is 1. The highest BCUT2D eigenvalue weighted by molar-refractivity contribution is 5.77. The summed E-state index contributed by atoms with van der Waals surface area (Å²) in [5.41, 5.74) is -0.193. The predicted octanol–water partition coefficient (Wildman–Crippen LogP) is 5.62. The number of carbonyl (C=O) groups is 2. The molecule has 2 aliphatic rings. The summed E-state index contributed by atoms with van der Waals surface area (Å²) in [6.07, 6.45) is 3.65. The monoisotopic (exact) mass is 547 g/mol. The smallest absolute Gasteiger partial charge is 0.306 e. The molecule has 0 aromatic heterocycles. The zero-order valence-electron chi connectivity index (χ0n) is 25.6. The minimum Gasteiger partial charge on any atom is -0.462 e. The van der Waals surface area contributed by atoms with Gasteiger partial charge in [-0.1, -0.05) is 22.8 Å². The van der Waals surface area contributed by atoms with Crippen LogP contribution in [0.25, 0.3) is 0 Å². The van der Waals surface area contributed by atoms with Crippen LogP contribution in [0.2, 0.25) is 0 Å². The molecule has 0 amide bonds. The molecule has 2 saturated heterocycles. The van der Waals surface area contributed by atoms with Crippen LogP contribution < -0.4 is 4.84 Å². The average molecular weight is 548 g/mol. The molecule has 1 aromatic carbocycles. The van der Waals surface area contributed by atoms with Crippen LogP contribution in [0.1, 0.15) is 112 Å². The van der Waals surface area contributed by atoms with Crippen LogP contribution >= 0.6 is 0 Å². The van der Waals surface area contributed by atoms with Crippen LogP contribution in [0.4, 0.5) is 0 Å². The van der Waals surface area contributed by atoms with Gasteiger partial charge in [-0.3, -0.25) is 9.59 Å². The lowest BCUT2D eigenvalue weighted by molar-refractivity contribution is -0.223. The van der Waals surface area contributed by atoms with Crippen LogP contribution in [0, 0.1) is 6.92 Å². The number of ether oxygens (including phenoxy) is 2. The van der Waals surface area contributed by atoms with Crippen LogP contribution in [-0.4, -0.2) is 61.6 Å². The highest BCUT2D eigenvalue weighted by atomic mass is 16.7. The molecule has 2 heterocycles. The Balaban J connectivity index is 1.53. The van der Waals surface area contributed by atoms with E-state index in [9.17, 15) is 9.59 Å². The van der Waals surface area contributed by atoms with E-state index < -0.39 is 5.54 Å². The van der Waals surface area contributed by atoms with E-state index in [0.717, 1.165) is 25.0 Å². The largest absolute Gasteiger partial charge is 0.462 e. The van der Waals surface area contributed by atoms with Gasteiger partial charge in [0.1, 0.15) is 18.0 Å². The summed E-state index contributed by atoms with van der Waals surface area (Å²) in [4.78, 5) is 31.8. The molecule has 0 spiro atoms. The molecular formula is C31H51N2O6+. The maximum absolute atomic E-state index is 12.8. The number of hydrogen-bond donors (Lipinski definition) is 0. The van der Waals surface area contributed by atoms with E-state index in [1.165, 1.54) is 5.56 Å². The van der Waals surface area contributed by atoms with Gasteiger partial charge in [-0.15, -0.1) is 5.06 Å². The molecule has 0 aliphatic carbocycles. The van der Waals surface area contributed by atoms with Crippen LogP contribution in [0.3, 0.4) is 0 Å². The van der Waals surface area contributed by atoms with Crippen LogP contribution in [0.15, 0.2) is 24.3 Å². The van der Waals surface area contributed by atoms with Gasteiger partial charge in [0.05, 0.1) is 35.0 Å². The molecule has 0 saturated carbocycles. The summed E-state index contributed by atoms with van der Waals surface area (Å²) in [7, 11) is 0. The number of hydroxylamine groups is 4. The Bertz CT molecular complexity index is 1000. The second kappa shape index (κ2) is 11.8. The number of nitrogens with zero attached hydrogens (tertiary/aromatic N) is 2. The second-order valence-corrected chi connectivity index (χ2v) is 14.0. The van der Waals surface area contributed by atoms with Gasteiger partial charge >= 0.3 is 11.9 Å². The quantitative estimate of drug-likeness (QED) is 0.323. The van der Waals surface area contributed by atoms with Gasteiger partial charge in [0, 0.05) is 12.8 Å². The molecule has 39 heavy (non-hydrogen) atoms. The summed E-state index contributed by atoms with van der Waals surface area (Å²) >= 11 is 0. The van der Waals surface area contributed by atoms with Gasteiger partial charge in [0.2, 0.25) is 0 Å². The van der Waals surface area contributed by atoms with Crippen molar-refractivity contribution in [1.29, 1.82) is 0 Å². The van der Waals surface area contributed by atoms with Gasteiger partial charge in [0.25, 0.3) is 0 Å². The molecule has 2 atom stereocenters. The van der Waals surface area contributed by atoms with Gasteiger partial charge in [-0.2, -0.15) is 0 Å². The molecule has 220 valence electrons. The van der Waals surface area contributed by atoms with Gasteiger partial charge in [-0.25, -0.2) is 0 Å². The Hall–Kier alpha value is -2.16. The first-order valence-electron chi connectivity index (χ1n) is 14.4. The number of esters is 2. The van der Waals surface area contributed by atoms with E-state index in [1.807, 2.05) is 63.9 Å². The van der Waals surface area contributed by atoms with E-state index in [2.05, 4.69) is 27.7 Å². The SMILES string of the molecule is Cc1ccc(ON2C(C)(C)CCC(OC(=O)CCC(=O)OC3CCC(C)(C)N([OH2+])C(C)(C)C3)CC2(C)C)cc1. The first-order chi connectivity index (χ1) is 17.9. The molecular weight excluding hydrogens is 496 g/mol. The molecule has 3 rings (SSSR count). The lowest BCUT2D eigenvalue weighted by atomic mass is 9.95. The van der Waals surface area contributed by atoms with Crippen molar-refractivity contribution in [3.8, 4) is 5.75 Å². The van der Waals surface area contributed by atoms with Crippen LogP contribution in [-0.2, 0) is 19.1 Å². The normalized spacial score (nSPS) is 26.6. The Morgan fingerprint density at radius 2 is 1.23 bits per heavy atom. The van der Waals surface area contributed by atoms with Gasteiger partial charge in [-0.05, 0) is 100 Å². The lowest BCUT2D eigenvalue weighted by Crippen LogP contribution is -2.56. The van der Waals surface area contributed by atoms with E-state index in [-0.39, 0.29) is 53.6 Å². The third-order valence-electron chi connectivity index (χ3n) is 8.27. The summed E-state index contributed by atoms with van der Waals surface area (Å²) in [5.74, 6) is 0.0221. The number of carbonyl (C=O) groups excluding carboxylic acids is 2. The third kappa shape index (κ3) is 8.18. The van der Waals surface area contributed by atoms with E-state index in [4.69, 9.17) is 19.5 Å². The van der Waals surface area contributed by atoms with Crippen molar-refractivity contribution in [1.82, 2.24) is 10.1 Å². The topological polar surface area (TPSA) is 91.2 Å². The Morgan fingerprint density at radius 1 is 0.769 bits per heavy atom. The molecule has 8 heteroatoms. The number of benzene rings is 1. The minimum atomic E-state index is -0.416. The van der Waals surface area contributed by atoms with Crippen molar-refractivity contribution in [3.05, 3.63) is 29.8 Å². The molecule has 0 bridgehead atoms. The van der Waals surface area contributed by atoms with Gasteiger partial charge < -0.3 is 19.5 Å². The van der Waals surface area contributed by atoms with E-state index in [1.54, 1.807) is 5.06 Å². The summed E-state index contributed by atoms with van der Waals surface area (Å²) < 4.78 is 11.7. The first-order valence-corrected chi connectivity index (χ1v) is 14.4. The average Bonchev–Trinajstić information content (AvgIpc) is 2.95. The Kier molecular flexibility index (Phi) is 9.45. The Morgan fingerprint density at radius 3 is 1.74 bits per heavy atom. The van der Waals surface area contributed by atoms with Crippen molar-refractivity contribution < 1.29 is 29.1 Å². The standard InChI is InChI=1S/C31H50N2O6/c1-22-10-12-23(13-11-22)39-33-29(4,5)19-17-25(21-31(33,8)9)38-27(35)15-14-26(34)37-24-16-18-28(2,3)32(36)30(6,7)20-24/h10-13,24-25,36H,14-21H2,1-9H3/p+1. The predicted molar refractivity (Wildman–Crippen MR) is 152 cm³/mol. The fourth-order valence-corrected chi connectivity index (χ4v) is 6.22. The van der Waals surface area contributed by atoms with E-state index in [0.29, 0.717) is 19.3 Å². The van der Waals surface area contributed by atoms with Crippen molar-refractivity contribution >= 4 is 11.9 Å². The Labute approximate surface area is 234 Å². The van der Waals surface area contributed by atoms with Crippen molar-refractivity contribution in [3.63, 3.8) is 0 Å². The molecule has 2 aliphatic heterocycles. The van der Waals surface area contributed by atoms with Crippen LogP contribution in [0.5, 0.6) is 5.75 Å². The summed E-state index contributed by atoms with van der Waals surface area (Å²) in [6, 6.07) is 8.01. The minimum absolute atomic E-state index is 0.00505. The van der Waals surface area contributed by atoms with Gasteiger partial charge in [0.15, 0.2) is 0 Å². The fourth-order valence-electron chi connectivity index (χ4n) is 6.22. The second-order valence-electron chi connectivity index (χ2n) is 14.0. The number of hydrogen-bond acceptors (Lipinski definition) is 7. The molecule has 0 radical (unpaired) electrons. The molecule has 1 aromatic rings. The fraction of sp³-hybridized carbons (Fsp3) is 0.742. The highest BCUT2D eigenvalue weighted by Gasteiger charge is 2.47. The van der Waals surface area contributed by atoms with Crippen molar-refractivity contribution in [2.24, 2.45) is 0 Å². The molecule has 2 N–H and O–H groups in total. The maximum Gasteiger partial charge on any atom is 0.306 e. The molecule has 8 nitrogen and oxygen atoms in total. The zero-order chi connectivity index (χ0) is 29.2. The van der Waals surface area contributed by atoms with Crippen molar-refractivity contribution in [2.75, 3.05) is 0 Å². The van der Waals surface area contributed by atoms with Crippen molar-refractivity contribution in [2.45, 2.75) is 148 Å². The molecule has 2 unspecified atom stereocenters. The third-order valence-corrected chi connectivity index (χ3v) is 8.27. The zero-order valence-corrected chi connectivity index (χ0v) is 25.6. The summed E-state index contributed by atoms with van der Waals surface area (Å²) in [6.45, 7) is 18.7.